The van der Waals surface area contributed by atoms with Gasteiger partial charge in [-0.15, -0.1) is 0 Å². The van der Waals surface area contributed by atoms with E-state index in [0.29, 0.717) is 11.7 Å². The zero-order chi connectivity index (χ0) is 28.9. The van der Waals surface area contributed by atoms with Gasteiger partial charge in [0.1, 0.15) is 12.1 Å². The molecule has 0 radical (unpaired) electrons. The van der Waals surface area contributed by atoms with Crippen LogP contribution in [0.15, 0.2) is 12.4 Å². The molecule has 2 aromatic rings. The summed E-state index contributed by atoms with van der Waals surface area (Å²) in [6, 6.07) is 2.11. The molecular formula is C21H28F6N6O5. The van der Waals surface area contributed by atoms with Crippen LogP contribution in [0.3, 0.4) is 0 Å². The highest BCUT2D eigenvalue weighted by Gasteiger charge is 2.50. The van der Waals surface area contributed by atoms with E-state index in [-0.39, 0.29) is 5.54 Å². The average molecular weight is 558 g/mol. The van der Waals surface area contributed by atoms with Crippen LogP contribution >= 0.6 is 0 Å². The lowest BCUT2D eigenvalue weighted by Gasteiger charge is -2.59. The highest BCUT2D eigenvalue weighted by Crippen LogP contribution is 2.40. The molecule has 0 aromatic carbocycles. The second-order valence-electron chi connectivity index (χ2n) is 8.85. The first kappa shape index (κ1) is 31.0. The minimum absolute atomic E-state index is 0.268. The van der Waals surface area contributed by atoms with E-state index in [4.69, 9.17) is 24.5 Å². The Bertz CT molecular complexity index is 1080. The van der Waals surface area contributed by atoms with Crippen LogP contribution in [0, 0.1) is 12.8 Å². The summed E-state index contributed by atoms with van der Waals surface area (Å²) in [7, 11) is 2.26. The number of piperidine rings is 1. The number of alkyl halides is 6. The molecule has 214 valence electrons. The van der Waals surface area contributed by atoms with Gasteiger partial charge in [-0.05, 0) is 46.2 Å². The van der Waals surface area contributed by atoms with Gasteiger partial charge in [0.15, 0.2) is 0 Å². The molecule has 2 fully saturated rings. The molecule has 0 bridgehead atoms. The monoisotopic (exact) mass is 558 g/mol. The van der Waals surface area contributed by atoms with E-state index in [2.05, 4.69) is 44.9 Å². The molecule has 2 aromatic heterocycles. The first-order valence-electron chi connectivity index (χ1n) is 11.3. The Kier molecular flexibility index (Phi) is 9.88. The van der Waals surface area contributed by atoms with Gasteiger partial charge < -0.3 is 19.8 Å². The van der Waals surface area contributed by atoms with Gasteiger partial charge in [-0.2, -0.15) is 40.9 Å². The Morgan fingerprint density at radius 2 is 1.68 bits per heavy atom. The standard InChI is InChI=1S/C17H26N6O.2C2HF3O2/c1-4-24-9-14-5-6-21(3)17(8-14)10-22(11-17)15-7-13(2)20-16-18-12-19-23(15)16;2*3-2(4,5)1(6)7/h7,12,14H,4-6,8-11H2,1-3H3;2*(H,6,7). The number of fused-ring (bicyclic) bond motifs is 1. The number of aliphatic carboxylic acids is 2. The Labute approximate surface area is 213 Å². The second kappa shape index (κ2) is 12.1. The van der Waals surface area contributed by atoms with Gasteiger partial charge in [-0.3, -0.25) is 4.90 Å². The largest absolute Gasteiger partial charge is 0.490 e. The second-order valence-corrected chi connectivity index (χ2v) is 8.85. The summed E-state index contributed by atoms with van der Waals surface area (Å²) in [6.45, 7) is 9.01. The van der Waals surface area contributed by atoms with Crippen molar-refractivity contribution in [1.82, 2.24) is 24.5 Å². The lowest BCUT2D eigenvalue weighted by molar-refractivity contribution is -0.193. The van der Waals surface area contributed by atoms with Gasteiger partial charge in [0.25, 0.3) is 5.78 Å². The molecule has 2 saturated heterocycles. The highest BCUT2D eigenvalue weighted by atomic mass is 19.4. The van der Waals surface area contributed by atoms with Crippen LogP contribution < -0.4 is 4.90 Å². The fraction of sp³-hybridized carbons (Fsp3) is 0.667. The predicted octanol–water partition coefficient (Wildman–Crippen LogP) is 2.64. The summed E-state index contributed by atoms with van der Waals surface area (Å²) in [5.41, 5.74) is 1.25. The van der Waals surface area contributed by atoms with Gasteiger partial charge in [0.2, 0.25) is 0 Å². The van der Waals surface area contributed by atoms with Crippen LogP contribution in [-0.2, 0) is 14.3 Å². The molecule has 1 atom stereocenters. The third kappa shape index (κ3) is 7.89. The third-order valence-electron chi connectivity index (χ3n) is 6.05. The van der Waals surface area contributed by atoms with Gasteiger partial charge in [-0.1, -0.05) is 0 Å². The van der Waals surface area contributed by atoms with Crippen molar-refractivity contribution in [3.63, 3.8) is 0 Å². The molecule has 0 amide bonds. The Morgan fingerprint density at radius 3 is 2.18 bits per heavy atom. The molecule has 0 aliphatic carbocycles. The SMILES string of the molecule is CCOCC1CCN(C)C2(C1)CN(c1cc(C)nc3ncnn13)C2.O=C(O)C(F)(F)F.O=C(O)C(F)(F)F. The number of halogens is 6. The van der Waals surface area contributed by atoms with Crippen molar-refractivity contribution in [2.24, 2.45) is 5.92 Å². The van der Waals surface area contributed by atoms with Crippen molar-refractivity contribution < 1.29 is 50.9 Å². The Balaban J connectivity index is 0.000000301. The van der Waals surface area contributed by atoms with E-state index in [1.807, 2.05) is 11.4 Å². The van der Waals surface area contributed by atoms with E-state index in [1.165, 1.54) is 12.8 Å². The molecule has 1 unspecified atom stereocenters. The maximum absolute atomic E-state index is 10.6. The zero-order valence-electron chi connectivity index (χ0n) is 20.8. The van der Waals surface area contributed by atoms with Crippen LogP contribution in [0.1, 0.15) is 25.5 Å². The van der Waals surface area contributed by atoms with E-state index in [9.17, 15) is 26.3 Å². The van der Waals surface area contributed by atoms with E-state index >= 15 is 0 Å². The van der Waals surface area contributed by atoms with Gasteiger partial charge in [0, 0.05) is 38.1 Å². The van der Waals surface area contributed by atoms with Crippen molar-refractivity contribution in [2.75, 3.05) is 44.8 Å². The Morgan fingerprint density at radius 1 is 1.13 bits per heavy atom. The molecule has 2 N–H and O–H groups in total. The molecule has 0 saturated carbocycles. The summed E-state index contributed by atoms with van der Waals surface area (Å²) >= 11 is 0. The molecule has 2 aliphatic heterocycles. The number of aryl methyl sites for hydroxylation is 1. The molecular weight excluding hydrogens is 530 g/mol. The Hall–Kier alpha value is -3.21. The fourth-order valence-corrected chi connectivity index (χ4v) is 4.17. The number of rotatable bonds is 4. The number of likely N-dealkylation sites (tertiary alicyclic amines) is 1. The number of carboxylic acid groups (broad SMARTS) is 2. The number of aromatic nitrogens is 4. The maximum atomic E-state index is 10.6. The molecule has 4 rings (SSSR count). The third-order valence-corrected chi connectivity index (χ3v) is 6.05. The summed E-state index contributed by atoms with van der Waals surface area (Å²) in [6.07, 6.45) is -6.14. The number of ether oxygens (including phenoxy) is 1. The first-order valence-corrected chi connectivity index (χ1v) is 11.3. The van der Waals surface area contributed by atoms with Crippen molar-refractivity contribution in [1.29, 1.82) is 0 Å². The van der Waals surface area contributed by atoms with Crippen molar-refractivity contribution in [2.45, 2.75) is 44.6 Å². The van der Waals surface area contributed by atoms with E-state index in [1.54, 1.807) is 6.33 Å². The summed E-state index contributed by atoms with van der Waals surface area (Å²) in [4.78, 5) is 31.4. The number of carbonyl (C=O) groups is 2. The minimum atomic E-state index is -5.08. The quantitative estimate of drug-likeness (QED) is 0.540. The molecule has 11 nitrogen and oxygen atoms in total. The molecule has 4 heterocycles. The van der Waals surface area contributed by atoms with Gasteiger partial charge in [0.05, 0.1) is 5.54 Å². The predicted molar refractivity (Wildman–Crippen MR) is 120 cm³/mol. The van der Waals surface area contributed by atoms with Crippen molar-refractivity contribution >= 4 is 23.5 Å². The number of carboxylic acids is 2. The molecule has 17 heteroatoms. The topological polar surface area (TPSA) is 133 Å². The van der Waals surface area contributed by atoms with Gasteiger partial charge in [-0.25, -0.2) is 14.6 Å². The molecule has 38 heavy (non-hydrogen) atoms. The van der Waals surface area contributed by atoms with Crippen LogP contribution in [0.4, 0.5) is 32.2 Å². The van der Waals surface area contributed by atoms with E-state index < -0.39 is 24.3 Å². The lowest BCUT2D eigenvalue weighted by Crippen LogP contribution is -2.72. The lowest BCUT2D eigenvalue weighted by atomic mass is 9.75. The van der Waals surface area contributed by atoms with E-state index in [0.717, 1.165) is 44.4 Å². The van der Waals surface area contributed by atoms with Crippen LogP contribution in [0.2, 0.25) is 0 Å². The molecule has 1 spiro atoms. The number of hydrogen-bond donors (Lipinski definition) is 2. The van der Waals surface area contributed by atoms with Crippen LogP contribution in [0.5, 0.6) is 0 Å². The van der Waals surface area contributed by atoms with Crippen LogP contribution in [-0.4, -0.2) is 104 Å². The number of anilines is 1. The highest BCUT2D eigenvalue weighted by molar-refractivity contribution is 5.73. The normalized spacial score (nSPS) is 19.2. The zero-order valence-corrected chi connectivity index (χ0v) is 20.8. The van der Waals surface area contributed by atoms with Gasteiger partial charge >= 0.3 is 24.3 Å². The summed E-state index contributed by atoms with van der Waals surface area (Å²) < 4.78 is 71.0. The van der Waals surface area contributed by atoms with Crippen LogP contribution in [0.25, 0.3) is 5.78 Å². The average Bonchev–Trinajstić information content (AvgIpc) is 3.24. The molecule has 2 aliphatic rings. The number of likely N-dealkylation sites (N-methyl/N-ethyl adjacent to an activating group) is 1. The van der Waals surface area contributed by atoms with Crippen molar-refractivity contribution in [3.8, 4) is 0 Å². The minimum Gasteiger partial charge on any atom is -0.475 e. The number of nitrogens with zero attached hydrogens (tertiary/aromatic N) is 6. The summed E-state index contributed by atoms with van der Waals surface area (Å²) in [5, 5.41) is 18.6. The van der Waals surface area contributed by atoms with Crippen molar-refractivity contribution in [3.05, 3.63) is 18.1 Å². The smallest absolute Gasteiger partial charge is 0.475 e. The first-order chi connectivity index (χ1) is 17.5. The fourth-order valence-electron chi connectivity index (χ4n) is 4.17. The number of hydrogen-bond acceptors (Lipinski definition) is 8. The maximum Gasteiger partial charge on any atom is 0.490 e. The summed E-state index contributed by atoms with van der Waals surface area (Å²) in [5.74, 6) is -3.06.